The van der Waals surface area contributed by atoms with E-state index in [1.807, 2.05) is 32.8 Å². The Kier molecular flexibility index (Phi) is 5.47. The zero-order valence-corrected chi connectivity index (χ0v) is 12.0. The number of ether oxygens (including phenoxy) is 1. The summed E-state index contributed by atoms with van der Waals surface area (Å²) in [4.78, 5) is 13.9. The van der Waals surface area contributed by atoms with Crippen LogP contribution in [-0.4, -0.2) is 36.6 Å². The number of esters is 1. The highest BCUT2D eigenvalue weighted by molar-refractivity contribution is 5.79. The van der Waals surface area contributed by atoms with Crippen LogP contribution in [0, 0.1) is 11.8 Å². The van der Waals surface area contributed by atoms with Crippen molar-refractivity contribution in [3.63, 3.8) is 0 Å². The van der Waals surface area contributed by atoms with Crippen molar-refractivity contribution in [2.24, 2.45) is 11.8 Å². The summed E-state index contributed by atoms with van der Waals surface area (Å²) >= 11 is 0. The molecule has 0 fully saturated rings. The minimum absolute atomic E-state index is 0.00766. The lowest BCUT2D eigenvalue weighted by molar-refractivity contribution is -0.165. The van der Waals surface area contributed by atoms with E-state index in [2.05, 4.69) is 27.7 Å². The number of carbonyl (C=O) groups excluding carboxylic acids is 1. The molecule has 0 rings (SSSR count). The van der Waals surface area contributed by atoms with Crippen LogP contribution < -0.4 is 0 Å². The van der Waals surface area contributed by atoms with Gasteiger partial charge in [-0.25, -0.2) is 0 Å². The van der Waals surface area contributed by atoms with Crippen molar-refractivity contribution in [2.75, 3.05) is 14.1 Å². The molecular formula is C13H27NO2. The van der Waals surface area contributed by atoms with Gasteiger partial charge in [0.25, 0.3) is 0 Å². The Bertz CT molecular complexity index is 224. The highest BCUT2D eigenvalue weighted by Crippen LogP contribution is 2.20. The Hall–Kier alpha value is -0.570. The van der Waals surface area contributed by atoms with Gasteiger partial charge >= 0.3 is 5.97 Å². The highest BCUT2D eigenvalue weighted by atomic mass is 16.5. The summed E-state index contributed by atoms with van der Waals surface area (Å²) < 4.78 is 5.62. The molecule has 0 radical (unpaired) electrons. The summed E-state index contributed by atoms with van der Waals surface area (Å²) in [5, 5.41) is 0. The van der Waals surface area contributed by atoms with Crippen molar-refractivity contribution < 1.29 is 9.53 Å². The Labute approximate surface area is 100 Å². The molecule has 0 aliphatic rings. The van der Waals surface area contributed by atoms with E-state index < -0.39 is 5.54 Å². The lowest BCUT2D eigenvalue weighted by atomic mass is 9.95. The van der Waals surface area contributed by atoms with Gasteiger partial charge in [0, 0.05) is 0 Å². The van der Waals surface area contributed by atoms with Crippen LogP contribution in [0.1, 0.15) is 41.5 Å². The molecule has 0 amide bonds. The lowest BCUT2D eigenvalue weighted by Crippen LogP contribution is -2.49. The summed E-state index contributed by atoms with van der Waals surface area (Å²) in [5.74, 6) is 0.550. The number of nitrogens with zero attached hydrogens (tertiary/aromatic N) is 1. The molecule has 0 saturated heterocycles. The molecule has 0 atom stereocenters. The molecule has 16 heavy (non-hydrogen) atoms. The van der Waals surface area contributed by atoms with Crippen LogP contribution in [0.4, 0.5) is 0 Å². The standard InChI is InChI=1S/C13H27NO2/c1-9(2)11(10(3)4)16-12(15)13(5,6)14(7)8/h9-11H,1-8H3. The molecule has 0 N–H and O–H groups in total. The summed E-state index contributed by atoms with van der Waals surface area (Å²) in [6, 6.07) is 0. The molecule has 0 saturated carbocycles. The first kappa shape index (κ1) is 15.4. The topological polar surface area (TPSA) is 29.5 Å². The average molecular weight is 229 g/mol. The summed E-state index contributed by atoms with van der Waals surface area (Å²) in [6.07, 6.45) is -0.00766. The van der Waals surface area contributed by atoms with E-state index in [-0.39, 0.29) is 12.1 Å². The van der Waals surface area contributed by atoms with Crippen molar-refractivity contribution in [1.82, 2.24) is 4.90 Å². The van der Waals surface area contributed by atoms with Crippen molar-refractivity contribution in [1.29, 1.82) is 0 Å². The van der Waals surface area contributed by atoms with Crippen molar-refractivity contribution in [3.05, 3.63) is 0 Å². The fraction of sp³-hybridized carbons (Fsp3) is 0.923. The van der Waals surface area contributed by atoms with E-state index >= 15 is 0 Å². The first-order valence-corrected chi connectivity index (χ1v) is 5.99. The van der Waals surface area contributed by atoms with Gasteiger partial charge in [-0.3, -0.25) is 9.69 Å². The maximum absolute atomic E-state index is 12.1. The lowest BCUT2D eigenvalue weighted by Gasteiger charge is -2.34. The summed E-state index contributed by atoms with van der Waals surface area (Å²) in [5.41, 5.74) is -0.567. The Morgan fingerprint density at radius 2 is 1.44 bits per heavy atom. The van der Waals surface area contributed by atoms with Crippen molar-refractivity contribution in [2.45, 2.75) is 53.2 Å². The summed E-state index contributed by atoms with van der Waals surface area (Å²) in [6.45, 7) is 12.1. The van der Waals surface area contributed by atoms with Crippen LogP contribution in [0.5, 0.6) is 0 Å². The van der Waals surface area contributed by atoms with Gasteiger partial charge in [0.1, 0.15) is 11.6 Å². The first-order chi connectivity index (χ1) is 7.10. The van der Waals surface area contributed by atoms with E-state index in [4.69, 9.17) is 4.74 Å². The number of hydrogen-bond acceptors (Lipinski definition) is 3. The fourth-order valence-corrected chi connectivity index (χ4v) is 1.49. The van der Waals surface area contributed by atoms with E-state index in [9.17, 15) is 4.79 Å². The molecular weight excluding hydrogens is 202 g/mol. The monoisotopic (exact) mass is 229 g/mol. The minimum atomic E-state index is -0.567. The largest absolute Gasteiger partial charge is 0.460 e. The van der Waals surface area contributed by atoms with E-state index in [0.29, 0.717) is 11.8 Å². The molecule has 0 unspecified atom stereocenters. The average Bonchev–Trinajstić information content (AvgIpc) is 2.11. The van der Waals surface area contributed by atoms with Crippen molar-refractivity contribution in [3.8, 4) is 0 Å². The molecule has 0 heterocycles. The summed E-state index contributed by atoms with van der Waals surface area (Å²) in [7, 11) is 3.78. The normalized spacial score (nSPS) is 13.0. The number of likely N-dealkylation sites (N-methyl/N-ethyl adjacent to an activating group) is 1. The Balaban J connectivity index is 4.65. The van der Waals surface area contributed by atoms with Crippen LogP contribution in [0.3, 0.4) is 0 Å². The van der Waals surface area contributed by atoms with Gasteiger partial charge in [-0.2, -0.15) is 0 Å². The molecule has 0 aromatic rings. The Morgan fingerprint density at radius 1 is 1.06 bits per heavy atom. The molecule has 0 aliphatic heterocycles. The minimum Gasteiger partial charge on any atom is -0.460 e. The van der Waals surface area contributed by atoms with Crippen LogP contribution >= 0.6 is 0 Å². The van der Waals surface area contributed by atoms with Gasteiger partial charge in [0.15, 0.2) is 0 Å². The highest BCUT2D eigenvalue weighted by Gasteiger charge is 2.34. The third-order valence-corrected chi connectivity index (χ3v) is 3.17. The zero-order chi connectivity index (χ0) is 13.1. The van der Waals surface area contributed by atoms with E-state index in [1.165, 1.54) is 0 Å². The van der Waals surface area contributed by atoms with Gasteiger partial charge in [-0.1, -0.05) is 27.7 Å². The first-order valence-electron chi connectivity index (χ1n) is 5.99. The molecule has 96 valence electrons. The van der Waals surface area contributed by atoms with E-state index in [1.54, 1.807) is 0 Å². The van der Waals surface area contributed by atoms with Gasteiger partial charge in [-0.15, -0.1) is 0 Å². The number of hydrogen-bond donors (Lipinski definition) is 0. The second-order valence-electron chi connectivity index (χ2n) is 5.81. The number of rotatable bonds is 5. The maximum Gasteiger partial charge on any atom is 0.326 e. The van der Waals surface area contributed by atoms with Crippen LogP contribution in [0.25, 0.3) is 0 Å². The molecule has 0 spiro atoms. The Morgan fingerprint density at radius 3 is 1.69 bits per heavy atom. The second-order valence-corrected chi connectivity index (χ2v) is 5.81. The van der Waals surface area contributed by atoms with Crippen molar-refractivity contribution >= 4 is 5.97 Å². The van der Waals surface area contributed by atoms with Gasteiger partial charge in [-0.05, 0) is 39.8 Å². The van der Waals surface area contributed by atoms with Gasteiger partial charge in [0.05, 0.1) is 0 Å². The molecule has 3 heteroatoms. The van der Waals surface area contributed by atoms with Gasteiger partial charge < -0.3 is 4.74 Å². The molecule has 0 aromatic carbocycles. The molecule has 0 bridgehead atoms. The van der Waals surface area contributed by atoms with E-state index in [0.717, 1.165) is 0 Å². The SMILES string of the molecule is CC(C)C(OC(=O)C(C)(C)N(C)C)C(C)C. The van der Waals surface area contributed by atoms with Crippen LogP contribution in [-0.2, 0) is 9.53 Å². The van der Waals surface area contributed by atoms with Gasteiger partial charge in [0.2, 0.25) is 0 Å². The van der Waals surface area contributed by atoms with Crippen LogP contribution in [0.15, 0.2) is 0 Å². The third kappa shape index (κ3) is 3.78. The van der Waals surface area contributed by atoms with Crippen LogP contribution in [0.2, 0.25) is 0 Å². The smallest absolute Gasteiger partial charge is 0.326 e. The quantitative estimate of drug-likeness (QED) is 0.679. The maximum atomic E-state index is 12.1. The zero-order valence-electron chi connectivity index (χ0n) is 12.0. The number of carbonyl (C=O) groups is 1. The molecule has 3 nitrogen and oxygen atoms in total. The molecule has 0 aromatic heterocycles. The predicted molar refractivity (Wildman–Crippen MR) is 67.3 cm³/mol. The fourth-order valence-electron chi connectivity index (χ4n) is 1.49. The second kappa shape index (κ2) is 5.67. The third-order valence-electron chi connectivity index (χ3n) is 3.17. The predicted octanol–water partition coefficient (Wildman–Crippen LogP) is 2.55. The molecule has 0 aliphatic carbocycles.